The smallest absolute Gasteiger partial charge is 0.309 e. The molecule has 0 bridgehead atoms. The van der Waals surface area contributed by atoms with Gasteiger partial charge in [0.05, 0.1) is 12.5 Å². The van der Waals surface area contributed by atoms with Crippen LogP contribution in [0.25, 0.3) is 10.9 Å². The van der Waals surface area contributed by atoms with Crippen LogP contribution in [-0.4, -0.2) is 59.8 Å². The molecule has 1 aromatic heterocycles. The largest absolute Gasteiger partial charge is 0.466 e. The van der Waals surface area contributed by atoms with E-state index in [0.29, 0.717) is 61.6 Å². The van der Waals surface area contributed by atoms with Gasteiger partial charge in [-0.1, -0.05) is 6.92 Å². The van der Waals surface area contributed by atoms with Crippen molar-refractivity contribution in [1.82, 2.24) is 15.2 Å². The Labute approximate surface area is 214 Å². The van der Waals surface area contributed by atoms with E-state index in [-0.39, 0.29) is 35.5 Å². The van der Waals surface area contributed by atoms with E-state index in [1.165, 1.54) is 0 Å². The summed E-state index contributed by atoms with van der Waals surface area (Å²) in [5.74, 6) is -0.705. The Morgan fingerprint density at radius 3 is 2.46 bits per heavy atom. The SMILES string of the molecule is CCOC(=O)C1CCN(C(=O)c2ccc(NC(=O)c3ccc4[nH]c5c(c4c3)C(C)CNC5=O)cc2)CC1. The molecular formula is C28H30N4O5. The fourth-order valence-corrected chi connectivity index (χ4v) is 5.14. The molecule has 3 aromatic rings. The summed E-state index contributed by atoms with van der Waals surface area (Å²) in [5.41, 5.74) is 3.89. The highest BCUT2D eigenvalue weighted by Gasteiger charge is 2.29. The van der Waals surface area contributed by atoms with Gasteiger partial charge in [-0.2, -0.15) is 0 Å². The summed E-state index contributed by atoms with van der Waals surface area (Å²) in [6.45, 7) is 5.77. The average Bonchev–Trinajstić information content (AvgIpc) is 3.31. The molecule has 1 saturated heterocycles. The summed E-state index contributed by atoms with van der Waals surface area (Å²) < 4.78 is 5.09. The predicted molar refractivity (Wildman–Crippen MR) is 139 cm³/mol. The van der Waals surface area contributed by atoms with Gasteiger partial charge in [0.2, 0.25) is 0 Å². The van der Waals surface area contributed by atoms with E-state index in [1.54, 1.807) is 42.2 Å². The summed E-state index contributed by atoms with van der Waals surface area (Å²) in [6.07, 6.45) is 1.19. The van der Waals surface area contributed by atoms with Crippen LogP contribution in [-0.2, 0) is 9.53 Å². The number of H-pyrrole nitrogens is 1. The minimum atomic E-state index is -0.273. The van der Waals surface area contributed by atoms with Crippen LogP contribution in [0.4, 0.5) is 5.69 Å². The lowest BCUT2D eigenvalue weighted by molar-refractivity contribution is -0.149. The molecule has 9 nitrogen and oxygen atoms in total. The van der Waals surface area contributed by atoms with E-state index < -0.39 is 0 Å². The normalized spacial score (nSPS) is 17.7. The van der Waals surface area contributed by atoms with Crippen LogP contribution in [0.5, 0.6) is 0 Å². The van der Waals surface area contributed by atoms with Crippen molar-refractivity contribution in [3.8, 4) is 0 Å². The van der Waals surface area contributed by atoms with Crippen LogP contribution in [0.1, 0.15) is 69.4 Å². The number of benzene rings is 2. The molecule has 2 aromatic carbocycles. The third-order valence-corrected chi connectivity index (χ3v) is 7.18. The van der Waals surface area contributed by atoms with Gasteiger partial charge in [-0.15, -0.1) is 0 Å². The fraction of sp³-hybridized carbons (Fsp3) is 0.357. The molecule has 9 heteroatoms. The maximum absolute atomic E-state index is 13.0. The molecule has 2 aliphatic rings. The number of piperidine rings is 1. The van der Waals surface area contributed by atoms with Gasteiger partial charge in [-0.3, -0.25) is 19.2 Å². The van der Waals surface area contributed by atoms with Gasteiger partial charge in [-0.25, -0.2) is 0 Å². The van der Waals surface area contributed by atoms with Crippen LogP contribution in [0, 0.1) is 5.92 Å². The number of hydrogen-bond donors (Lipinski definition) is 3. The van der Waals surface area contributed by atoms with Crippen molar-refractivity contribution in [3.63, 3.8) is 0 Å². The number of esters is 1. The first-order valence-electron chi connectivity index (χ1n) is 12.7. The van der Waals surface area contributed by atoms with Crippen molar-refractivity contribution in [1.29, 1.82) is 0 Å². The van der Waals surface area contributed by atoms with Gasteiger partial charge in [0.1, 0.15) is 5.69 Å². The average molecular weight is 503 g/mol. The molecule has 192 valence electrons. The van der Waals surface area contributed by atoms with E-state index in [1.807, 2.05) is 19.1 Å². The highest BCUT2D eigenvalue weighted by Crippen LogP contribution is 2.32. The number of nitrogens with one attached hydrogen (secondary N) is 3. The van der Waals surface area contributed by atoms with Crippen molar-refractivity contribution in [2.24, 2.45) is 5.92 Å². The quantitative estimate of drug-likeness (QED) is 0.460. The van der Waals surface area contributed by atoms with Gasteiger partial charge < -0.3 is 25.3 Å². The number of rotatable bonds is 5. The second-order valence-electron chi connectivity index (χ2n) is 9.64. The monoisotopic (exact) mass is 502 g/mol. The summed E-state index contributed by atoms with van der Waals surface area (Å²) in [7, 11) is 0. The minimum Gasteiger partial charge on any atom is -0.466 e. The van der Waals surface area contributed by atoms with Gasteiger partial charge in [-0.05, 0) is 67.8 Å². The van der Waals surface area contributed by atoms with E-state index in [0.717, 1.165) is 16.5 Å². The van der Waals surface area contributed by atoms with Crippen LogP contribution in [0.2, 0.25) is 0 Å². The molecule has 0 radical (unpaired) electrons. The molecule has 2 aliphatic heterocycles. The number of carbonyl (C=O) groups is 4. The fourth-order valence-electron chi connectivity index (χ4n) is 5.14. The number of likely N-dealkylation sites (tertiary alicyclic amines) is 1. The van der Waals surface area contributed by atoms with Crippen molar-refractivity contribution in [2.75, 3.05) is 31.6 Å². The number of nitrogens with zero attached hydrogens (tertiary/aromatic N) is 1. The number of aromatic nitrogens is 1. The standard InChI is InChI=1S/C28H30N4O5/c1-3-37-28(36)18-10-12-32(13-11-18)27(35)17-4-7-20(8-5-17)30-25(33)19-6-9-22-21(14-19)23-16(2)15-29-26(34)24(23)31-22/h4-9,14,16,18,31H,3,10-13,15H2,1-2H3,(H,29,34)(H,30,33). The van der Waals surface area contributed by atoms with Gasteiger partial charge in [0.15, 0.2) is 0 Å². The molecule has 3 N–H and O–H groups in total. The van der Waals surface area contributed by atoms with Crippen LogP contribution < -0.4 is 10.6 Å². The Morgan fingerprint density at radius 1 is 1.05 bits per heavy atom. The molecule has 0 spiro atoms. The number of carbonyl (C=O) groups excluding carboxylic acids is 4. The van der Waals surface area contributed by atoms with Crippen LogP contribution >= 0.6 is 0 Å². The summed E-state index contributed by atoms with van der Waals surface area (Å²) in [4.78, 5) is 55.0. The van der Waals surface area contributed by atoms with Gasteiger partial charge in [0, 0.05) is 53.3 Å². The molecule has 1 unspecified atom stereocenters. The first kappa shape index (κ1) is 24.5. The number of anilines is 1. The lowest BCUT2D eigenvalue weighted by Gasteiger charge is -2.31. The Bertz CT molecular complexity index is 1370. The maximum atomic E-state index is 13.0. The third-order valence-electron chi connectivity index (χ3n) is 7.18. The molecule has 37 heavy (non-hydrogen) atoms. The van der Waals surface area contributed by atoms with Crippen molar-refractivity contribution < 1.29 is 23.9 Å². The van der Waals surface area contributed by atoms with Crippen molar-refractivity contribution in [3.05, 3.63) is 64.8 Å². The second-order valence-corrected chi connectivity index (χ2v) is 9.64. The summed E-state index contributed by atoms with van der Waals surface area (Å²) in [6, 6.07) is 12.2. The van der Waals surface area contributed by atoms with Crippen molar-refractivity contribution >= 4 is 40.3 Å². The molecule has 0 saturated carbocycles. The van der Waals surface area contributed by atoms with E-state index >= 15 is 0 Å². The maximum Gasteiger partial charge on any atom is 0.309 e. The highest BCUT2D eigenvalue weighted by atomic mass is 16.5. The predicted octanol–water partition coefficient (Wildman–Crippen LogP) is 3.68. The Balaban J connectivity index is 1.24. The molecule has 0 aliphatic carbocycles. The first-order valence-corrected chi connectivity index (χ1v) is 12.7. The van der Waals surface area contributed by atoms with Gasteiger partial charge in [0.25, 0.3) is 17.7 Å². The minimum absolute atomic E-state index is 0.0963. The molecule has 5 rings (SSSR count). The number of fused-ring (bicyclic) bond motifs is 3. The zero-order valence-electron chi connectivity index (χ0n) is 20.9. The topological polar surface area (TPSA) is 121 Å². The van der Waals surface area contributed by atoms with Gasteiger partial charge >= 0.3 is 5.97 Å². The molecule has 1 atom stereocenters. The van der Waals surface area contributed by atoms with E-state index in [4.69, 9.17) is 4.74 Å². The number of aromatic amines is 1. The second kappa shape index (κ2) is 10.1. The molecule has 3 heterocycles. The van der Waals surface area contributed by atoms with E-state index in [2.05, 4.69) is 15.6 Å². The summed E-state index contributed by atoms with van der Waals surface area (Å²) in [5, 5.41) is 6.63. The lowest BCUT2D eigenvalue weighted by atomic mass is 9.93. The summed E-state index contributed by atoms with van der Waals surface area (Å²) >= 11 is 0. The highest BCUT2D eigenvalue weighted by molar-refractivity contribution is 6.08. The van der Waals surface area contributed by atoms with Crippen LogP contribution in [0.15, 0.2) is 42.5 Å². The molecular weight excluding hydrogens is 472 g/mol. The molecule has 1 fully saturated rings. The van der Waals surface area contributed by atoms with E-state index in [9.17, 15) is 19.2 Å². The zero-order valence-corrected chi connectivity index (χ0v) is 20.9. The molecule has 3 amide bonds. The van der Waals surface area contributed by atoms with Crippen LogP contribution in [0.3, 0.4) is 0 Å². The Hall–Kier alpha value is -4.14. The first-order chi connectivity index (χ1) is 17.9. The lowest BCUT2D eigenvalue weighted by Crippen LogP contribution is -2.40. The number of amides is 3. The Kier molecular flexibility index (Phi) is 6.69. The third kappa shape index (κ3) is 4.81. The Morgan fingerprint density at radius 2 is 1.76 bits per heavy atom. The number of hydrogen-bond acceptors (Lipinski definition) is 5. The zero-order chi connectivity index (χ0) is 26.1. The van der Waals surface area contributed by atoms with Crippen molar-refractivity contribution in [2.45, 2.75) is 32.6 Å². The number of ether oxygens (including phenoxy) is 1.